The zero-order chi connectivity index (χ0) is 9.68. The number of rotatable bonds is 5. The fourth-order valence-electron chi connectivity index (χ4n) is 1.04. The summed E-state index contributed by atoms with van der Waals surface area (Å²) in [6.45, 7) is 2.65. The second-order valence-electron chi connectivity index (χ2n) is 3.00. The summed E-state index contributed by atoms with van der Waals surface area (Å²) in [6.07, 6.45) is 1.28. The molecule has 0 aliphatic carbocycles. The van der Waals surface area contributed by atoms with Crippen molar-refractivity contribution in [3.63, 3.8) is 0 Å². The number of aliphatic hydroxyl groups is 1. The smallest absolute Gasteiger partial charge is 0.229 e. The highest BCUT2D eigenvalue weighted by molar-refractivity contribution is 4.92. The topological polar surface area (TPSA) is 85.2 Å². The lowest BCUT2D eigenvalue weighted by atomic mass is 10.1. The van der Waals surface area contributed by atoms with Gasteiger partial charge in [0.15, 0.2) is 5.82 Å². The fourth-order valence-corrected chi connectivity index (χ4v) is 1.04. The molecule has 5 heteroatoms. The summed E-state index contributed by atoms with van der Waals surface area (Å²) in [5, 5.41) is 12.4. The average molecular weight is 185 g/mol. The average Bonchev–Trinajstić information content (AvgIpc) is 2.54. The van der Waals surface area contributed by atoms with Crippen molar-refractivity contribution in [1.82, 2.24) is 10.1 Å². The van der Waals surface area contributed by atoms with Gasteiger partial charge in [-0.05, 0) is 13.0 Å². The highest BCUT2D eigenvalue weighted by atomic mass is 16.5. The molecule has 0 saturated carbocycles. The van der Waals surface area contributed by atoms with Crippen molar-refractivity contribution in [2.24, 2.45) is 5.73 Å². The Labute approximate surface area is 76.9 Å². The summed E-state index contributed by atoms with van der Waals surface area (Å²) in [4.78, 5) is 4.13. The van der Waals surface area contributed by atoms with Gasteiger partial charge in [-0.15, -0.1) is 0 Å². The van der Waals surface area contributed by atoms with Crippen LogP contribution in [0.4, 0.5) is 0 Å². The third-order valence-electron chi connectivity index (χ3n) is 1.84. The fraction of sp³-hybridized carbons (Fsp3) is 0.750. The van der Waals surface area contributed by atoms with E-state index in [1.807, 2.05) is 6.92 Å². The Morgan fingerprint density at radius 2 is 2.38 bits per heavy atom. The molecule has 0 bridgehead atoms. The van der Waals surface area contributed by atoms with E-state index in [1.54, 1.807) is 0 Å². The molecule has 74 valence electrons. The summed E-state index contributed by atoms with van der Waals surface area (Å²) >= 11 is 0. The molecule has 0 radical (unpaired) electrons. The molecule has 1 rings (SSSR count). The highest BCUT2D eigenvalue weighted by Crippen LogP contribution is 2.15. The molecule has 0 aliphatic rings. The van der Waals surface area contributed by atoms with Gasteiger partial charge < -0.3 is 15.4 Å². The van der Waals surface area contributed by atoms with E-state index in [-0.39, 0.29) is 12.5 Å². The minimum atomic E-state index is 0.0459. The van der Waals surface area contributed by atoms with E-state index in [0.717, 1.165) is 6.42 Å². The zero-order valence-corrected chi connectivity index (χ0v) is 7.73. The van der Waals surface area contributed by atoms with Crippen LogP contribution >= 0.6 is 0 Å². The molecule has 3 N–H and O–H groups in total. The lowest BCUT2D eigenvalue weighted by Gasteiger charge is -2.01. The van der Waals surface area contributed by atoms with Crippen molar-refractivity contribution in [2.45, 2.75) is 25.7 Å². The van der Waals surface area contributed by atoms with Crippen molar-refractivity contribution in [3.05, 3.63) is 11.7 Å². The van der Waals surface area contributed by atoms with Crippen molar-refractivity contribution < 1.29 is 9.63 Å². The van der Waals surface area contributed by atoms with E-state index in [0.29, 0.717) is 24.7 Å². The van der Waals surface area contributed by atoms with E-state index < -0.39 is 0 Å². The highest BCUT2D eigenvalue weighted by Gasteiger charge is 2.12. The summed E-state index contributed by atoms with van der Waals surface area (Å²) in [5.74, 6) is 1.36. The Morgan fingerprint density at radius 1 is 1.62 bits per heavy atom. The minimum absolute atomic E-state index is 0.0459. The first-order valence-electron chi connectivity index (χ1n) is 4.41. The summed E-state index contributed by atoms with van der Waals surface area (Å²) in [6, 6.07) is 0. The number of nitrogens with two attached hydrogens (primary N) is 1. The predicted molar refractivity (Wildman–Crippen MR) is 47.2 cm³/mol. The van der Waals surface area contributed by atoms with Crippen molar-refractivity contribution in [2.75, 3.05) is 13.2 Å². The van der Waals surface area contributed by atoms with Crippen LogP contribution in [0.5, 0.6) is 0 Å². The molecule has 1 heterocycles. The lowest BCUT2D eigenvalue weighted by Crippen LogP contribution is -2.05. The van der Waals surface area contributed by atoms with Crippen molar-refractivity contribution in [1.29, 1.82) is 0 Å². The van der Waals surface area contributed by atoms with Gasteiger partial charge in [0.1, 0.15) is 0 Å². The third-order valence-corrected chi connectivity index (χ3v) is 1.84. The van der Waals surface area contributed by atoms with Gasteiger partial charge in [0.2, 0.25) is 5.89 Å². The van der Waals surface area contributed by atoms with E-state index in [4.69, 9.17) is 15.4 Å². The van der Waals surface area contributed by atoms with Crippen molar-refractivity contribution >= 4 is 0 Å². The quantitative estimate of drug-likeness (QED) is 0.677. The molecule has 5 nitrogen and oxygen atoms in total. The first kappa shape index (κ1) is 10.1. The molecule has 1 aromatic rings. The number of hydrogen-bond acceptors (Lipinski definition) is 5. The molecule has 1 unspecified atom stereocenters. The standard InChI is InChI=1S/C8H15N3O2/c1-6(2-4-9)8-10-7(3-5-12)11-13-8/h6,12H,2-5,9H2,1H3. The Balaban J connectivity index is 2.56. The van der Waals surface area contributed by atoms with Gasteiger partial charge in [0.25, 0.3) is 0 Å². The van der Waals surface area contributed by atoms with Gasteiger partial charge >= 0.3 is 0 Å². The zero-order valence-electron chi connectivity index (χ0n) is 7.73. The van der Waals surface area contributed by atoms with Crippen molar-refractivity contribution in [3.8, 4) is 0 Å². The molecular formula is C8H15N3O2. The van der Waals surface area contributed by atoms with Crippen LogP contribution in [0, 0.1) is 0 Å². The first-order chi connectivity index (χ1) is 6.27. The number of aliphatic hydroxyl groups excluding tert-OH is 1. The maximum absolute atomic E-state index is 8.63. The largest absolute Gasteiger partial charge is 0.396 e. The van der Waals surface area contributed by atoms with E-state index in [1.165, 1.54) is 0 Å². The summed E-state index contributed by atoms with van der Waals surface area (Å²) in [7, 11) is 0. The number of nitrogens with zero attached hydrogens (tertiary/aromatic N) is 2. The van der Waals surface area contributed by atoms with Gasteiger partial charge in [-0.1, -0.05) is 12.1 Å². The molecule has 0 amide bonds. The molecule has 1 atom stereocenters. The van der Waals surface area contributed by atoms with Crippen LogP contribution in [0.2, 0.25) is 0 Å². The molecule has 0 aliphatic heterocycles. The summed E-state index contributed by atoms with van der Waals surface area (Å²) < 4.78 is 5.00. The van der Waals surface area contributed by atoms with Crippen LogP contribution in [0.15, 0.2) is 4.52 Å². The van der Waals surface area contributed by atoms with Gasteiger partial charge in [-0.2, -0.15) is 4.98 Å². The molecule has 0 spiro atoms. The van der Waals surface area contributed by atoms with E-state index in [2.05, 4.69) is 10.1 Å². The Kier molecular flexibility index (Phi) is 3.85. The summed E-state index contributed by atoms with van der Waals surface area (Å²) in [5.41, 5.74) is 5.40. The van der Waals surface area contributed by atoms with Gasteiger partial charge in [0.05, 0.1) is 6.61 Å². The maximum atomic E-state index is 8.63. The monoisotopic (exact) mass is 185 g/mol. The Bertz CT molecular complexity index is 249. The van der Waals surface area contributed by atoms with Gasteiger partial charge in [0, 0.05) is 12.3 Å². The normalized spacial score (nSPS) is 13.2. The SMILES string of the molecule is CC(CCN)c1nc(CCO)no1. The molecule has 0 aromatic carbocycles. The van der Waals surface area contributed by atoms with E-state index in [9.17, 15) is 0 Å². The first-order valence-corrected chi connectivity index (χ1v) is 4.41. The van der Waals surface area contributed by atoms with Crippen LogP contribution in [0.1, 0.15) is 31.0 Å². The van der Waals surface area contributed by atoms with Crippen LogP contribution < -0.4 is 5.73 Å². The molecule has 0 fully saturated rings. The molecular weight excluding hydrogens is 170 g/mol. The van der Waals surface area contributed by atoms with Crippen LogP contribution in [-0.4, -0.2) is 28.4 Å². The second-order valence-corrected chi connectivity index (χ2v) is 3.00. The second kappa shape index (κ2) is 4.94. The maximum Gasteiger partial charge on any atom is 0.229 e. The molecule has 1 aromatic heterocycles. The van der Waals surface area contributed by atoms with Crippen LogP contribution in [-0.2, 0) is 6.42 Å². The minimum Gasteiger partial charge on any atom is -0.396 e. The van der Waals surface area contributed by atoms with Crippen LogP contribution in [0.25, 0.3) is 0 Å². The Morgan fingerprint density at radius 3 is 3.00 bits per heavy atom. The molecule has 13 heavy (non-hydrogen) atoms. The number of aromatic nitrogens is 2. The number of hydrogen-bond donors (Lipinski definition) is 2. The van der Waals surface area contributed by atoms with Crippen LogP contribution in [0.3, 0.4) is 0 Å². The molecule has 0 saturated heterocycles. The third kappa shape index (κ3) is 2.78. The van der Waals surface area contributed by atoms with Gasteiger partial charge in [-0.3, -0.25) is 0 Å². The van der Waals surface area contributed by atoms with E-state index >= 15 is 0 Å². The Hall–Kier alpha value is -0.940. The van der Waals surface area contributed by atoms with Gasteiger partial charge in [-0.25, -0.2) is 0 Å². The lowest BCUT2D eigenvalue weighted by molar-refractivity contribution is 0.292. The predicted octanol–water partition coefficient (Wildman–Crippen LogP) is 0.0567.